The highest BCUT2D eigenvalue weighted by atomic mass is 16.5. The van der Waals surface area contributed by atoms with Crippen molar-refractivity contribution in [3.63, 3.8) is 0 Å². The van der Waals surface area contributed by atoms with Crippen molar-refractivity contribution in [2.24, 2.45) is 0 Å². The first-order valence-electron chi connectivity index (χ1n) is 12.5. The molecule has 1 amide bonds. The Kier molecular flexibility index (Phi) is 10.8. The monoisotopic (exact) mass is 507 g/mol. The summed E-state index contributed by atoms with van der Waals surface area (Å²) < 4.78 is 21.6. The molecule has 0 aliphatic rings. The van der Waals surface area contributed by atoms with Crippen molar-refractivity contribution in [2.45, 2.75) is 39.0 Å². The second-order valence-electron chi connectivity index (χ2n) is 8.42. The molecule has 0 saturated heterocycles. The number of nitrogens with one attached hydrogen (secondary N) is 1. The standard InChI is InChI=1S/C29H33NO7/c1-3-4-5-8-17-35-25-14-12-21(19-26(25)34-2)13-15-27(31)36-18-9-16-30-28(32)23-20-22-10-6-7-11-24(22)37-29(23)33/h6-7,10-15,19-20H,3-5,8-9,16-18H2,1-2H3,(H,30,32)/b15-13+. The minimum absolute atomic E-state index is 0.0676. The fourth-order valence-electron chi connectivity index (χ4n) is 3.59. The number of fused-ring (bicyclic) bond motifs is 1. The summed E-state index contributed by atoms with van der Waals surface area (Å²) in [5, 5.41) is 3.31. The molecule has 0 aliphatic heterocycles. The second-order valence-corrected chi connectivity index (χ2v) is 8.42. The van der Waals surface area contributed by atoms with Gasteiger partial charge in [0.2, 0.25) is 0 Å². The average Bonchev–Trinajstić information content (AvgIpc) is 2.91. The van der Waals surface area contributed by atoms with Gasteiger partial charge in [-0.25, -0.2) is 9.59 Å². The van der Waals surface area contributed by atoms with E-state index < -0.39 is 17.5 Å². The number of unbranched alkanes of at least 4 members (excludes halogenated alkanes) is 3. The van der Waals surface area contributed by atoms with E-state index in [0.717, 1.165) is 18.4 Å². The van der Waals surface area contributed by atoms with Gasteiger partial charge in [-0.3, -0.25) is 4.79 Å². The number of hydrogen-bond acceptors (Lipinski definition) is 7. The molecule has 8 nitrogen and oxygen atoms in total. The molecule has 0 atom stereocenters. The number of carbonyl (C=O) groups is 2. The van der Waals surface area contributed by atoms with Crippen molar-refractivity contribution in [2.75, 3.05) is 26.9 Å². The van der Waals surface area contributed by atoms with E-state index in [0.29, 0.717) is 35.5 Å². The fourth-order valence-corrected chi connectivity index (χ4v) is 3.59. The smallest absolute Gasteiger partial charge is 0.349 e. The Balaban J connectivity index is 1.40. The first-order chi connectivity index (χ1) is 18.0. The van der Waals surface area contributed by atoms with E-state index in [2.05, 4.69) is 12.2 Å². The maximum atomic E-state index is 12.3. The maximum Gasteiger partial charge on any atom is 0.349 e. The summed E-state index contributed by atoms with van der Waals surface area (Å²) in [4.78, 5) is 36.4. The average molecular weight is 508 g/mol. The summed E-state index contributed by atoms with van der Waals surface area (Å²) in [5.74, 6) is 0.231. The lowest BCUT2D eigenvalue weighted by Gasteiger charge is -2.11. The Morgan fingerprint density at radius 2 is 1.81 bits per heavy atom. The number of esters is 1. The van der Waals surface area contributed by atoms with Gasteiger partial charge in [0.05, 0.1) is 20.3 Å². The molecule has 0 bridgehead atoms. The first-order valence-corrected chi connectivity index (χ1v) is 12.5. The molecule has 0 fully saturated rings. The molecule has 0 radical (unpaired) electrons. The lowest BCUT2D eigenvalue weighted by Crippen LogP contribution is -2.29. The Bertz CT molecular complexity index is 1280. The largest absolute Gasteiger partial charge is 0.493 e. The van der Waals surface area contributed by atoms with Crippen molar-refractivity contribution in [3.8, 4) is 11.5 Å². The quantitative estimate of drug-likeness (QED) is 0.139. The first kappa shape index (κ1) is 27.5. The molecule has 196 valence electrons. The number of methoxy groups -OCH3 is 1. The Morgan fingerprint density at radius 1 is 0.973 bits per heavy atom. The van der Waals surface area contributed by atoms with Crippen LogP contribution >= 0.6 is 0 Å². The van der Waals surface area contributed by atoms with E-state index in [1.54, 1.807) is 43.5 Å². The summed E-state index contributed by atoms with van der Waals surface area (Å²) in [7, 11) is 1.58. The van der Waals surface area contributed by atoms with Crippen molar-refractivity contribution < 1.29 is 28.2 Å². The molecule has 0 saturated carbocycles. The number of hydrogen-bond donors (Lipinski definition) is 1. The van der Waals surface area contributed by atoms with Gasteiger partial charge < -0.3 is 23.9 Å². The number of carbonyl (C=O) groups excluding carboxylic acids is 2. The van der Waals surface area contributed by atoms with Crippen LogP contribution < -0.4 is 20.4 Å². The predicted molar refractivity (Wildman–Crippen MR) is 142 cm³/mol. The van der Waals surface area contributed by atoms with Gasteiger partial charge in [0.25, 0.3) is 5.91 Å². The number of rotatable bonds is 14. The molecule has 37 heavy (non-hydrogen) atoms. The third-order valence-electron chi connectivity index (χ3n) is 5.59. The number of benzene rings is 2. The summed E-state index contributed by atoms with van der Waals surface area (Å²) in [5.41, 5.74) is 0.427. The van der Waals surface area contributed by atoms with Crippen molar-refractivity contribution in [1.29, 1.82) is 0 Å². The van der Waals surface area contributed by atoms with Gasteiger partial charge in [-0.05, 0) is 48.7 Å². The highest BCUT2D eigenvalue weighted by molar-refractivity contribution is 5.96. The number of ether oxygens (including phenoxy) is 3. The van der Waals surface area contributed by atoms with Crippen LogP contribution in [0.3, 0.4) is 0 Å². The van der Waals surface area contributed by atoms with Gasteiger partial charge in [-0.15, -0.1) is 0 Å². The zero-order valence-corrected chi connectivity index (χ0v) is 21.3. The molecular weight excluding hydrogens is 474 g/mol. The van der Waals surface area contributed by atoms with Gasteiger partial charge >= 0.3 is 11.6 Å². The molecule has 2 aromatic carbocycles. The van der Waals surface area contributed by atoms with Gasteiger partial charge in [0.15, 0.2) is 11.5 Å². The van der Waals surface area contributed by atoms with E-state index in [4.69, 9.17) is 18.6 Å². The molecule has 8 heteroatoms. The van der Waals surface area contributed by atoms with Crippen LogP contribution in [0, 0.1) is 0 Å². The molecule has 3 aromatic rings. The molecule has 3 rings (SSSR count). The molecule has 0 aliphatic carbocycles. The SMILES string of the molecule is CCCCCCOc1ccc(/C=C/C(=O)OCCCNC(=O)c2cc3ccccc3oc2=O)cc1OC. The van der Waals surface area contributed by atoms with E-state index in [9.17, 15) is 14.4 Å². The van der Waals surface area contributed by atoms with Crippen LogP contribution in [0.15, 0.2) is 63.8 Å². The molecular formula is C29H33NO7. The van der Waals surface area contributed by atoms with Crippen LogP contribution in [0.25, 0.3) is 17.0 Å². The Hall–Kier alpha value is -4.07. The Labute approximate surface area is 216 Å². The topological polar surface area (TPSA) is 104 Å². The fraction of sp³-hybridized carbons (Fsp3) is 0.345. The van der Waals surface area contributed by atoms with Crippen LogP contribution in [0.2, 0.25) is 0 Å². The summed E-state index contributed by atoms with van der Waals surface area (Å²) in [6, 6.07) is 13.9. The minimum atomic E-state index is -0.698. The zero-order valence-electron chi connectivity index (χ0n) is 21.3. The number of amides is 1. The second kappa shape index (κ2) is 14.5. The maximum absolute atomic E-state index is 12.3. The van der Waals surface area contributed by atoms with Gasteiger partial charge in [-0.2, -0.15) is 0 Å². The van der Waals surface area contributed by atoms with E-state index >= 15 is 0 Å². The molecule has 1 N–H and O–H groups in total. The lowest BCUT2D eigenvalue weighted by molar-refractivity contribution is -0.137. The highest BCUT2D eigenvalue weighted by Crippen LogP contribution is 2.28. The zero-order chi connectivity index (χ0) is 26.5. The Morgan fingerprint density at radius 3 is 2.62 bits per heavy atom. The molecule has 1 heterocycles. The van der Waals surface area contributed by atoms with Crippen molar-refractivity contribution >= 4 is 28.9 Å². The molecule has 1 aromatic heterocycles. The van der Waals surface area contributed by atoms with Crippen LogP contribution in [0.4, 0.5) is 0 Å². The van der Waals surface area contributed by atoms with Crippen LogP contribution in [0.5, 0.6) is 11.5 Å². The predicted octanol–water partition coefficient (Wildman–Crippen LogP) is 5.14. The number of para-hydroxylation sites is 1. The molecule has 0 spiro atoms. The van der Waals surface area contributed by atoms with E-state index in [-0.39, 0.29) is 18.7 Å². The van der Waals surface area contributed by atoms with Crippen LogP contribution in [0.1, 0.15) is 54.9 Å². The lowest BCUT2D eigenvalue weighted by atomic mass is 10.2. The summed E-state index contributed by atoms with van der Waals surface area (Å²) in [6.07, 6.45) is 7.86. The summed E-state index contributed by atoms with van der Waals surface area (Å²) >= 11 is 0. The highest BCUT2D eigenvalue weighted by Gasteiger charge is 2.13. The van der Waals surface area contributed by atoms with E-state index in [1.807, 2.05) is 12.1 Å². The minimum Gasteiger partial charge on any atom is -0.493 e. The van der Waals surface area contributed by atoms with Gasteiger partial charge in [-0.1, -0.05) is 50.5 Å². The van der Waals surface area contributed by atoms with E-state index in [1.165, 1.54) is 25.0 Å². The third kappa shape index (κ3) is 8.52. The normalized spacial score (nSPS) is 11.0. The van der Waals surface area contributed by atoms with Crippen molar-refractivity contribution in [1.82, 2.24) is 5.32 Å². The van der Waals surface area contributed by atoms with Crippen molar-refractivity contribution in [3.05, 3.63) is 76.2 Å². The van der Waals surface area contributed by atoms with Gasteiger partial charge in [0.1, 0.15) is 11.1 Å². The van der Waals surface area contributed by atoms with Gasteiger partial charge in [0, 0.05) is 18.0 Å². The van der Waals surface area contributed by atoms with Crippen LogP contribution in [-0.2, 0) is 9.53 Å². The summed E-state index contributed by atoms with van der Waals surface area (Å²) in [6.45, 7) is 3.15. The third-order valence-corrected chi connectivity index (χ3v) is 5.59. The molecule has 0 unspecified atom stereocenters. The van der Waals surface area contributed by atoms with Crippen LogP contribution in [-0.4, -0.2) is 38.7 Å².